The van der Waals surface area contributed by atoms with Gasteiger partial charge in [0.15, 0.2) is 0 Å². The van der Waals surface area contributed by atoms with Crippen LogP contribution in [0, 0.1) is 11.3 Å². The largest absolute Gasteiger partial charge is 0.395 e. The van der Waals surface area contributed by atoms with Gasteiger partial charge in [-0.3, -0.25) is 0 Å². The van der Waals surface area contributed by atoms with Gasteiger partial charge in [-0.15, -0.1) is 0 Å². The van der Waals surface area contributed by atoms with Crippen LogP contribution in [0.2, 0.25) is 0 Å². The average Bonchev–Trinajstić information content (AvgIpc) is 2.75. The van der Waals surface area contributed by atoms with Gasteiger partial charge >= 0.3 is 0 Å². The molecule has 1 saturated heterocycles. The number of nitriles is 1. The standard InChI is InChI=1S/C23H24N2O3S/c24-15-21-23(20-14-8-7-13-19(20)17-9-3-1-4-10-17)22(16-26)25(21)29(27,28)18-11-5-2-6-12-18/h2,5-9,11-14,21-23,26H,1,3-4,10,16H2/t21-,22+,23+/m1/s1. The first-order valence-electron chi connectivity index (χ1n) is 9.97. The fourth-order valence-electron chi connectivity index (χ4n) is 4.55. The smallest absolute Gasteiger partial charge is 0.244 e. The molecule has 0 bridgehead atoms. The summed E-state index contributed by atoms with van der Waals surface area (Å²) in [5, 5.41) is 19.9. The summed E-state index contributed by atoms with van der Waals surface area (Å²) >= 11 is 0. The summed E-state index contributed by atoms with van der Waals surface area (Å²) in [5.74, 6) is -0.359. The molecule has 0 radical (unpaired) electrons. The van der Waals surface area contributed by atoms with E-state index in [1.54, 1.807) is 18.2 Å². The molecule has 6 heteroatoms. The lowest BCUT2D eigenvalue weighted by atomic mass is 9.74. The Morgan fingerprint density at radius 3 is 2.45 bits per heavy atom. The number of sulfonamides is 1. The Kier molecular flexibility index (Phi) is 5.55. The fraction of sp³-hybridized carbons (Fsp3) is 0.348. The summed E-state index contributed by atoms with van der Waals surface area (Å²) in [6.07, 6.45) is 6.57. The highest BCUT2D eigenvalue weighted by molar-refractivity contribution is 7.89. The number of aliphatic hydroxyl groups is 1. The van der Waals surface area contributed by atoms with E-state index in [2.05, 4.69) is 12.1 Å². The molecule has 0 spiro atoms. The van der Waals surface area contributed by atoms with E-state index in [0.717, 1.165) is 30.4 Å². The van der Waals surface area contributed by atoms with Crippen LogP contribution in [0.1, 0.15) is 42.7 Å². The summed E-state index contributed by atoms with van der Waals surface area (Å²) in [5.41, 5.74) is 3.28. The van der Waals surface area contributed by atoms with E-state index in [9.17, 15) is 18.8 Å². The molecule has 2 aliphatic rings. The minimum Gasteiger partial charge on any atom is -0.395 e. The first-order valence-corrected chi connectivity index (χ1v) is 11.4. The van der Waals surface area contributed by atoms with E-state index in [-0.39, 0.29) is 17.4 Å². The van der Waals surface area contributed by atoms with Gasteiger partial charge in [-0.2, -0.15) is 9.57 Å². The lowest BCUT2D eigenvalue weighted by Crippen LogP contribution is -2.65. The summed E-state index contributed by atoms with van der Waals surface area (Å²) in [6, 6.07) is 16.7. The molecule has 3 atom stereocenters. The zero-order valence-corrected chi connectivity index (χ0v) is 16.9. The molecule has 1 heterocycles. The topological polar surface area (TPSA) is 81.4 Å². The van der Waals surface area contributed by atoms with Crippen molar-refractivity contribution in [2.45, 2.75) is 48.6 Å². The van der Waals surface area contributed by atoms with Crippen LogP contribution in [0.3, 0.4) is 0 Å². The van der Waals surface area contributed by atoms with Gasteiger partial charge in [0.05, 0.1) is 23.6 Å². The first kappa shape index (κ1) is 19.8. The fourth-order valence-corrected chi connectivity index (χ4v) is 6.32. The predicted molar refractivity (Wildman–Crippen MR) is 111 cm³/mol. The normalized spacial score (nSPS) is 25.0. The van der Waals surface area contributed by atoms with Gasteiger partial charge in [-0.1, -0.05) is 48.5 Å². The molecule has 1 N–H and O–H groups in total. The van der Waals surface area contributed by atoms with Gasteiger partial charge in [0, 0.05) is 5.92 Å². The van der Waals surface area contributed by atoms with Gasteiger partial charge in [0.25, 0.3) is 0 Å². The number of hydrogen-bond donors (Lipinski definition) is 1. The van der Waals surface area contributed by atoms with Crippen LogP contribution >= 0.6 is 0 Å². The monoisotopic (exact) mass is 408 g/mol. The summed E-state index contributed by atoms with van der Waals surface area (Å²) < 4.78 is 27.5. The van der Waals surface area contributed by atoms with Crippen molar-refractivity contribution >= 4 is 15.6 Å². The maximum Gasteiger partial charge on any atom is 0.244 e. The predicted octanol–water partition coefficient (Wildman–Crippen LogP) is 3.69. The van der Waals surface area contributed by atoms with Crippen LogP contribution in [0.25, 0.3) is 5.57 Å². The van der Waals surface area contributed by atoms with Crippen LogP contribution in [0.4, 0.5) is 0 Å². The Hall–Kier alpha value is -2.46. The number of aliphatic hydroxyl groups excluding tert-OH is 1. The number of rotatable bonds is 5. The lowest BCUT2D eigenvalue weighted by Gasteiger charge is -2.50. The van der Waals surface area contributed by atoms with Crippen molar-refractivity contribution in [1.29, 1.82) is 5.26 Å². The molecule has 150 valence electrons. The van der Waals surface area contributed by atoms with Crippen molar-refractivity contribution in [2.75, 3.05) is 6.61 Å². The molecule has 1 fully saturated rings. The number of allylic oxidation sites excluding steroid dienone is 2. The molecule has 5 nitrogen and oxygen atoms in total. The van der Waals surface area contributed by atoms with E-state index in [1.807, 2.05) is 24.3 Å². The summed E-state index contributed by atoms with van der Waals surface area (Å²) in [4.78, 5) is 0.139. The van der Waals surface area contributed by atoms with Crippen molar-refractivity contribution in [3.63, 3.8) is 0 Å². The quantitative estimate of drug-likeness (QED) is 0.818. The van der Waals surface area contributed by atoms with E-state index in [4.69, 9.17) is 0 Å². The highest BCUT2D eigenvalue weighted by Crippen LogP contribution is 2.46. The van der Waals surface area contributed by atoms with Crippen LogP contribution in [-0.2, 0) is 10.0 Å². The van der Waals surface area contributed by atoms with Gasteiger partial charge in [0.2, 0.25) is 10.0 Å². The van der Waals surface area contributed by atoms with E-state index in [0.29, 0.717) is 0 Å². The Labute approximate surface area is 172 Å². The van der Waals surface area contributed by atoms with Crippen molar-refractivity contribution in [2.24, 2.45) is 0 Å². The van der Waals surface area contributed by atoms with Crippen LogP contribution in [0.15, 0.2) is 65.6 Å². The van der Waals surface area contributed by atoms with E-state index in [1.165, 1.54) is 28.4 Å². The van der Waals surface area contributed by atoms with Crippen LogP contribution in [-0.4, -0.2) is 36.5 Å². The molecular formula is C23H24N2O3S. The van der Waals surface area contributed by atoms with Crippen molar-refractivity contribution < 1.29 is 13.5 Å². The van der Waals surface area contributed by atoms with Crippen molar-refractivity contribution in [3.05, 3.63) is 71.8 Å². The second-order valence-corrected chi connectivity index (χ2v) is 9.40. The van der Waals surface area contributed by atoms with Crippen molar-refractivity contribution in [1.82, 2.24) is 4.31 Å². The van der Waals surface area contributed by atoms with Gasteiger partial charge < -0.3 is 5.11 Å². The van der Waals surface area contributed by atoms with Crippen molar-refractivity contribution in [3.8, 4) is 6.07 Å². The number of hydrogen-bond acceptors (Lipinski definition) is 4. The van der Waals surface area contributed by atoms with E-state index < -0.39 is 22.1 Å². The van der Waals surface area contributed by atoms with Gasteiger partial charge in [-0.25, -0.2) is 8.42 Å². The zero-order chi connectivity index (χ0) is 20.4. The minimum absolute atomic E-state index is 0.139. The average molecular weight is 409 g/mol. The van der Waals surface area contributed by atoms with Gasteiger partial charge in [0.1, 0.15) is 6.04 Å². The molecule has 0 amide bonds. The molecule has 4 rings (SSSR count). The zero-order valence-electron chi connectivity index (χ0n) is 16.1. The Morgan fingerprint density at radius 1 is 1.07 bits per heavy atom. The molecule has 1 aliphatic heterocycles. The third-order valence-electron chi connectivity index (χ3n) is 5.95. The Balaban J connectivity index is 1.74. The Bertz CT molecular complexity index is 1060. The molecule has 0 unspecified atom stereocenters. The molecule has 0 aromatic heterocycles. The molecule has 2 aromatic carbocycles. The third kappa shape index (κ3) is 3.40. The van der Waals surface area contributed by atoms with Gasteiger partial charge in [-0.05, 0) is 54.5 Å². The maximum atomic E-state index is 13.2. The van der Waals surface area contributed by atoms with E-state index >= 15 is 0 Å². The van der Waals surface area contributed by atoms with Crippen LogP contribution < -0.4 is 0 Å². The lowest BCUT2D eigenvalue weighted by molar-refractivity contribution is 0.0555. The molecule has 0 saturated carbocycles. The second kappa shape index (κ2) is 8.11. The van der Waals surface area contributed by atoms with Crippen LogP contribution in [0.5, 0.6) is 0 Å². The molecule has 1 aliphatic carbocycles. The highest BCUT2D eigenvalue weighted by atomic mass is 32.2. The third-order valence-corrected chi connectivity index (χ3v) is 7.87. The highest BCUT2D eigenvalue weighted by Gasteiger charge is 2.55. The minimum atomic E-state index is -3.87. The summed E-state index contributed by atoms with van der Waals surface area (Å²) in [6.45, 7) is -0.331. The molecular weight excluding hydrogens is 384 g/mol. The maximum absolute atomic E-state index is 13.2. The Morgan fingerprint density at radius 2 is 1.79 bits per heavy atom. The SMILES string of the molecule is N#C[C@@H]1[C@H](c2ccccc2C2=CCCCC2)[C@H](CO)N1S(=O)(=O)c1ccccc1. The number of nitrogens with zero attached hydrogens (tertiary/aromatic N) is 2. The molecule has 29 heavy (non-hydrogen) atoms. The summed E-state index contributed by atoms with van der Waals surface area (Å²) in [7, 11) is -3.87. The second-order valence-electron chi connectivity index (χ2n) is 7.56. The number of benzene rings is 2. The first-order chi connectivity index (χ1) is 14.1. The molecule has 2 aromatic rings.